The van der Waals surface area contributed by atoms with Gasteiger partial charge in [0.2, 0.25) is 6.04 Å². The third-order valence-electron chi connectivity index (χ3n) is 1.80. The molecule has 2 unspecified atom stereocenters. The van der Waals surface area contributed by atoms with Crippen LogP contribution in [0.1, 0.15) is 19.3 Å². The maximum absolute atomic E-state index is 10.1. The molecule has 1 rings (SSSR count). The lowest BCUT2D eigenvalue weighted by atomic mass is 10.2. The first-order valence-corrected chi connectivity index (χ1v) is 3.11. The van der Waals surface area contributed by atoms with E-state index in [9.17, 15) is 10.1 Å². The van der Waals surface area contributed by atoms with Gasteiger partial charge in [-0.1, -0.05) is 0 Å². The fourth-order valence-corrected chi connectivity index (χ4v) is 1.23. The molecule has 1 fully saturated rings. The molecule has 0 spiro atoms. The summed E-state index contributed by atoms with van der Waals surface area (Å²) in [6.45, 7) is 0. The predicted molar refractivity (Wildman–Crippen MR) is 32.6 cm³/mol. The van der Waals surface area contributed by atoms with Crippen molar-refractivity contribution < 1.29 is 4.92 Å². The third-order valence-corrected chi connectivity index (χ3v) is 1.80. The summed E-state index contributed by atoms with van der Waals surface area (Å²) >= 11 is 0. The van der Waals surface area contributed by atoms with Crippen LogP contribution in [0.5, 0.6) is 0 Å². The molecule has 0 heterocycles. The van der Waals surface area contributed by atoms with Crippen LogP contribution in [-0.2, 0) is 0 Å². The van der Waals surface area contributed by atoms with Crippen LogP contribution < -0.4 is 5.73 Å². The summed E-state index contributed by atoms with van der Waals surface area (Å²) in [6.07, 6.45) is 2.38. The Labute approximate surface area is 53.2 Å². The molecule has 9 heavy (non-hydrogen) atoms. The monoisotopic (exact) mass is 130 g/mol. The van der Waals surface area contributed by atoms with Crippen LogP contribution in [0.4, 0.5) is 0 Å². The second kappa shape index (κ2) is 2.31. The Morgan fingerprint density at radius 1 is 1.56 bits per heavy atom. The molecule has 2 atom stereocenters. The summed E-state index contributed by atoms with van der Waals surface area (Å²) in [7, 11) is 0. The predicted octanol–water partition coefficient (Wildman–Crippen LogP) is 0.143. The van der Waals surface area contributed by atoms with Gasteiger partial charge in [0.25, 0.3) is 0 Å². The summed E-state index contributed by atoms with van der Waals surface area (Å²) in [5.74, 6) is 0. The lowest BCUT2D eigenvalue weighted by Crippen LogP contribution is -2.35. The fourth-order valence-electron chi connectivity index (χ4n) is 1.23. The summed E-state index contributed by atoms with van der Waals surface area (Å²) in [5, 5.41) is 10.1. The second-order valence-corrected chi connectivity index (χ2v) is 2.45. The number of nitro groups is 1. The Bertz CT molecular complexity index is 126. The van der Waals surface area contributed by atoms with Crippen molar-refractivity contribution in [1.82, 2.24) is 0 Å². The van der Waals surface area contributed by atoms with Crippen molar-refractivity contribution in [2.45, 2.75) is 31.3 Å². The van der Waals surface area contributed by atoms with Gasteiger partial charge in [-0.3, -0.25) is 10.1 Å². The molecule has 1 saturated carbocycles. The van der Waals surface area contributed by atoms with Gasteiger partial charge in [-0.25, -0.2) is 0 Å². The Kier molecular flexibility index (Phi) is 1.66. The highest BCUT2D eigenvalue weighted by molar-refractivity contribution is 4.79. The molecule has 0 aromatic rings. The van der Waals surface area contributed by atoms with E-state index in [2.05, 4.69) is 0 Å². The van der Waals surface area contributed by atoms with Crippen LogP contribution in [0.15, 0.2) is 0 Å². The van der Waals surface area contributed by atoms with E-state index >= 15 is 0 Å². The number of hydrogen-bond acceptors (Lipinski definition) is 3. The van der Waals surface area contributed by atoms with Gasteiger partial charge in [0.1, 0.15) is 0 Å². The van der Waals surface area contributed by atoms with Gasteiger partial charge in [0.05, 0.1) is 6.04 Å². The van der Waals surface area contributed by atoms with Crippen molar-refractivity contribution in [2.75, 3.05) is 0 Å². The van der Waals surface area contributed by atoms with E-state index in [0.717, 1.165) is 12.8 Å². The molecule has 0 bridgehead atoms. The summed E-state index contributed by atoms with van der Waals surface area (Å²) in [6, 6.07) is -0.662. The van der Waals surface area contributed by atoms with E-state index in [1.807, 2.05) is 0 Å². The van der Waals surface area contributed by atoms with E-state index in [-0.39, 0.29) is 11.0 Å². The zero-order valence-corrected chi connectivity index (χ0v) is 5.12. The molecule has 0 saturated heterocycles. The van der Waals surface area contributed by atoms with Crippen molar-refractivity contribution in [3.63, 3.8) is 0 Å². The highest BCUT2D eigenvalue weighted by Gasteiger charge is 2.32. The standard InChI is InChI=1S/C5H10N2O2/c6-4-2-1-3-5(4)7(8)9/h4-5H,1-3,6H2. The average molecular weight is 130 g/mol. The lowest BCUT2D eigenvalue weighted by Gasteiger charge is -2.04. The lowest BCUT2D eigenvalue weighted by molar-refractivity contribution is -0.522. The van der Waals surface area contributed by atoms with Crippen molar-refractivity contribution in [2.24, 2.45) is 5.73 Å². The molecule has 1 aliphatic carbocycles. The van der Waals surface area contributed by atoms with Gasteiger partial charge in [0.15, 0.2) is 0 Å². The van der Waals surface area contributed by atoms with E-state index < -0.39 is 6.04 Å². The van der Waals surface area contributed by atoms with E-state index in [4.69, 9.17) is 5.73 Å². The molecule has 4 heteroatoms. The van der Waals surface area contributed by atoms with Crippen molar-refractivity contribution in [3.8, 4) is 0 Å². The maximum Gasteiger partial charge on any atom is 0.227 e. The quantitative estimate of drug-likeness (QED) is 0.405. The number of nitrogens with two attached hydrogens (primary N) is 1. The molecule has 0 aromatic carbocycles. The van der Waals surface area contributed by atoms with Gasteiger partial charge in [-0.15, -0.1) is 0 Å². The van der Waals surface area contributed by atoms with Crippen LogP contribution in [-0.4, -0.2) is 17.0 Å². The first kappa shape index (κ1) is 6.48. The zero-order chi connectivity index (χ0) is 6.85. The van der Waals surface area contributed by atoms with E-state index in [1.54, 1.807) is 0 Å². The normalized spacial score (nSPS) is 34.8. The highest BCUT2D eigenvalue weighted by atomic mass is 16.6. The molecule has 0 aromatic heterocycles. The van der Waals surface area contributed by atoms with Crippen LogP contribution >= 0.6 is 0 Å². The van der Waals surface area contributed by atoms with Crippen LogP contribution in [0.3, 0.4) is 0 Å². The first-order chi connectivity index (χ1) is 4.22. The maximum atomic E-state index is 10.1. The molecule has 1 aliphatic rings. The van der Waals surface area contributed by atoms with Gasteiger partial charge in [0, 0.05) is 11.3 Å². The van der Waals surface area contributed by atoms with E-state index in [0.29, 0.717) is 6.42 Å². The largest absolute Gasteiger partial charge is 0.322 e. The molecule has 0 radical (unpaired) electrons. The molecular formula is C5H10N2O2. The van der Waals surface area contributed by atoms with Crippen molar-refractivity contribution in [3.05, 3.63) is 10.1 Å². The summed E-state index contributed by atoms with van der Waals surface area (Å²) in [5.41, 5.74) is 5.44. The van der Waals surface area contributed by atoms with Crippen molar-refractivity contribution in [1.29, 1.82) is 0 Å². The molecule has 0 amide bonds. The third kappa shape index (κ3) is 1.18. The van der Waals surface area contributed by atoms with Gasteiger partial charge in [-0.2, -0.15) is 0 Å². The Balaban J connectivity index is 2.49. The molecule has 0 aliphatic heterocycles. The molecule has 4 nitrogen and oxygen atoms in total. The summed E-state index contributed by atoms with van der Waals surface area (Å²) < 4.78 is 0. The number of rotatable bonds is 1. The van der Waals surface area contributed by atoms with Crippen LogP contribution in [0.2, 0.25) is 0 Å². The minimum absolute atomic E-state index is 0.194. The number of hydrogen-bond donors (Lipinski definition) is 1. The highest BCUT2D eigenvalue weighted by Crippen LogP contribution is 2.18. The zero-order valence-electron chi connectivity index (χ0n) is 5.12. The fraction of sp³-hybridized carbons (Fsp3) is 1.00. The number of nitrogens with zero attached hydrogens (tertiary/aromatic N) is 1. The SMILES string of the molecule is NC1CCCC1[N+](=O)[O-]. The average Bonchev–Trinajstić information content (AvgIpc) is 2.13. The molecule has 2 N–H and O–H groups in total. The smallest absolute Gasteiger partial charge is 0.227 e. The Morgan fingerprint density at radius 3 is 2.44 bits per heavy atom. The van der Waals surface area contributed by atoms with Gasteiger partial charge >= 0.3 is 0 Å². The Hall–Kier alpha value is -0.640. The van der Waals surface area contributed by atoms with Gasteiger partial charge in [-0.05, 0) is 12.8 Å². The molecular weight excluding hydrogens is 120 g/mol. The Morgan fingerprint density at radius 2 is 2.22 bits per heavy atom. The van der Waals surface area contributed by atoms with Crippen molar-refractivity contribution >= 4 is 0 Å². The van der Waals surface area contributed by atoms with Crippen LogP contribution in [0, 0.1) is 10.1 Å². The first-order valence-electron chi connectivity index (χ1n) is 3.11. The summed E-state index contributed by atoms with van der Waals surface area (Å²) in [4.78, 5) is 9.87. The van der Waals surface area contributed by atoms with Gasteiger partial charge < -0.3 is 5.73 Å². The minimum atomic E-state index is -0.468. The van der Waals surface area contributed by atoms with Crippen LogP contribution in [0.25, 0.3) is 0 Å². The second-order valence-electron chi connectivity index (χ2n) is 2.45. The van der Waals surface area contributed by atoms with E-state index in [1.165, 1.54) is 0 Å². The minimum Gasteiger partial charge on any atom is -0.322 e. The topological polar surface area (TPSA) is 69.2 Å². The molecule has 52 valence electrons.